The number of amides is 1. The molecular weight excluding hydrogens is 345 g/mol. The molecule has 2 fully saturated rings. The predicted octanol–water partition coefficient (Wildman–Crippen LogP) is 2.88. The van der Waals surface area contributed by atoms with Crippen LogP contribution in [0.1, 0.15) is 24.1 Å². The summed E-state index contributed by atoms with van der Waals surface area (Å²) in [6, 6.07) is 10.6. The van der Waals surface area contributed by atoms with Crippen molar-refractivity contribution in [3.8, 4) is 5.88 Å². The van der Waals surface area contributed by atoms with E-state index < -0.39 is 0 Å². The number of hydrogen-bond donors (Lipinski definition) is 0. The van der Waals surface area contributed by atoms with E-state index >= 15 is 0 Å². The number of rotatable bonds is 4. The summed E-state index contributed by atoms with van der Waals surface area (Å²) in [5.41, 5.74) is 1.95. The van der Waals surface area contributed by atoms with Crippen molar-refractivity contribution in [2.24, 2.45) is 11.8 Å². The van der Waals surface area contributed by atoms with Crippen LogP contribution in [0.4, 0.5) is 4.39 Å². The Morgan fingerprint density at radius 1 is 1.26 bits per heavy atom. The Morgan fingerprint density at radius 3 is 2.85 bits per heavy atom. The second-order valence-electron chi connectivity index (χ2n) is 7.46. The van der Waals surface area contributed by atoms with Gasteiger partial charge < -0.3 is 9.64 Å². The van der Waals surface area contributed by atoms with Crippen molar-refractivity contribution < 1.29 is 13.9 Å². The van der Waals surface area contributed by atoms with Crippen LogP contribution in [0, 0.1) is 17.7 Å². The number of methoxy groups -OCH3 is 1. The number of benzene rings is 1. The molecule has 1 aromatic heterocycles. The summed E-state index contributed by atoms with van der Waals surface area (Å²) in [5, 5.41) is 0. The van der Waals surface area contributed by atoms with Gasteiger partial charge in [0.15, 0.2) is 0 Å². The third kappa shape index (κ3) is 3.41. The molecule has 0 bridgehead atoms. The Labute approximate surface area is 158 Å². The van der Waals surface area contributed by atoms with Crippen LogP contribution in [0.3, 0.4) is 0 Å². The lowest BCUT2D eigenvalue weighted by Crippen LogP contribution is -2.34. The smallest absolute Gasteiger partial charge is 0.219 e. The Morgan fingerprint density at radius 2 is 2.11 bits per heavy atom. The summed E-state index contributed by atoms with van der Waals surface area (Å²) in [6.07, 6.45) is 1.73. The lowest BCUT2D eigenvalue weighted by molar-refractivity contribution is -0.130. The molecule has 27 heavy (non-hydrogen) atoms. The van der Waals surface area contributed by atoms with E-state index in [2.05, 4.69) is 9.88 Å². The molecule has 2 aliphatic rings. The van der Waals surface area contributed by atoms with E-state index in [9.17, 15) is 9.18 Å². The molecule has 3 atom stereocenters. The second-order valence-corrected chi connectivity index (χ2v) is 7.46. The highest BCUT2D eigenvalue weighted by Crippen LogP contribution is 2.45. The molecule has 3 heterocycles. The summed E-state index contributed by atoms with van der Waals surface area (Å²) in [6.45, 7) is 4.87. The molecule has 0 unspecified atom stereocenters. The van der Waals surface area contributed by atoms with Crippen molar-refractivity contribution in [3.05, 3.63) is 59.5 Å². The van der Waals surface area contributed by atoms with Gasteiger partial charge in [-0.1, -0.05) is 18.2 Å². The first-order chi connectivity index (χ1) is 13.1. The third-order valence-electron chi connectivity index (χ3n) is 5.77. The van der Waals surface area contributed by atoms with E-state index in [4.69, 9.17) is 4.74 Å². The normalized spacial score (nSPS) is 24.9. The zero-order valence-electron chi connectivity index (χ0n) is 15.6. The molecule has 2 aromatic rings. The molecule has 5 nitrogen and oxygen atoms in total. The minimum atomic E-state index is -0.255. The van der Waals surface area contributed by atoms with Gasteiger partial charge in [-0.05, 0) is 29.7 Å². The zero-order valence-corrected chi connectivity index (χ0v) is 15.6. The van der Waals surface area contributed by atoms with Crippen molar-refractivity contribution in [3.63, 3.8) is 0 Å². The van der Waals surface area contributed by atoms with E-state index in [1.165, 1.54) is 6.07 Å². The average Bonchev–Trinajstić information content (AvgIpc) is 3.19. The number of ether oxygens (including phenoxy) is 1. The highest BCUT2D eigenvalue weighted by molar-refractivity contribution is 5.74. The van der Waals surface area contributed by atoms with Crippen LogP contribution in [-0.2, 0) is 11.3 Å². The molecule has 0 saturated carbocycles. The van der Waals surface area contributed by atoms with Gasteiger partial charge in [-0.15, -0.1) is 0 Å². The minimum Gasteiger partial charge on any atom is -0.481 e. The SMILES string of the molecule is COc1ncccc1CN1C[C@@H]2CN(C(C)=O)[C@@H](c3cccc(F)c3)[C@@H]2C1. The number of hydrogen-bond acceptors (Lipinski definition) is 4. The fourth-order valence-electron chi connectivity index (χ4n) is 4.68. The lowest BCUT2D eigenvalue weighted by atomic mass is 9.89. The summed E-state index contributed by atoms with van der Waals surface area (Å²) >= 11 is 0. The number of halogens is 1. The minimum absolute atomic E-state index is 0.0548. The van der Waals surface area contributed by atoms with E-state index in [0.717, 1.165) is 37.3 Å². The molecule has 1 aromatic carbocycles. The summed E-state index contributed by atoms with van der Waals surface area (Å²) < 4.78 is 19.2. The average molecular weight is 369 g/mol. The Bertz CT molecular complexity index is 844. The fraction of sp³-hybridized carbons (Fsp3) is 0.429. The monoisotopic (exact) mass is 369 g/mol. The van der Waals surface area contributed by atoms with E-state index in [-0.39, 0.29) is 17.8 Å². The summed E-state index contributed by atoms with van der Waals surface area (Å²) in [5.74, 6) is 1.15. The first-order valence-corrected chi connectivity index (χ1v) is 9.29. The Balaban J connectivity index is 1.56. The first kappa shape index (κ1) is 17.9. The molecule has 0 aliphatic carbocycles. The molecular formula is C21H24FN3O2. The van der Waals surface area contributed by atoms with Crippen molar-refractivity contribution >= 4 is 5.91 Å². The van der Waals surface area contributed by atoms with E-state index in [1.54, 1.807) is 32.4 Å². The Hall–Kier alpha value is -2.47. The third-order valence-corrected chi connectivity index (χ3v) is 5.77. The van der Waals surface area contributed by atoms with Gasteiger partial charge in [-0.2, -0.15) is 0 Å². The molecule has 4 rings (SSSR count). The molecule has 142 valence electrons. The number of fused-ring (bicyclic) bond motifs is 1. The van der Waals surface area contributed by atoms with Gasteiger partial charge >= 0.3 is 0 Å². The number of nitrogens with zero attached hydrogens (tertiary/aromatic N) is 3. The summed E-state index contributed by atoms with van der Waals surface area (Å²) in [7, 11) is 1.63. The fourth-order valence-corrected chi connectivity index (χ4v) is 4.68. The van der Waals surface area contributed by atoms with Crippen molar-refractivity contribution in [2.75, 3.05) is 26.7 Å². The van der Waals surface area contributed by atoms with Gasteiger partial charge in [0.1, 0.15) is 5.82 Å². The molecule has 1 amide bonds. The Kier molecular flexibility index (Phi) is 4.83. The van der Waals surface area contributed by atoms with Crippen molar-refractivity contribution in [1.82, 2.24) is 14.8 Å². The standard InChI is InChI=1S/C21H24FN3O2/c1-14(26)25-12-17-11-24(10-16-6-4-8-23-21(16)27-2)13-19(17)20(25)15-5-3-7-18(22)9-15/h3-9,17,19-20H,10-13H2,1-2H3/t17-,19-,20+/m1/s1. The quantitative estimate of drug-likeness (QED) is 0.831. The predicted molar refractivity (Wildman–Crippen MR) is 99.6 cm³/mol. The van der Waals surface area contributed by atoms with Crippen LogP contribution >= 0.6 is 0 Å². The number of pyridine rings is 1. The van der Waals surface area contributed by atoms with Gasteiger partial charge in [0, 0.05) is 50.8 Å². The van der Waals surface area contributed by atoms with E-state index in [0.29, 0.717) is 17.7 Å². The number of aromatic nitrogens is 1. The van der Waals surface area contributed by atoms with Crippen LogP contribution in [0.5, 0.6) is 5.88 Å². The highest BCUT2D eigenvalue weighted by atomic mass is 19.1. The molecule has 0 radical (unpaired) electrons. The van der Waals surface area contributed by atoms with E-state index in [1.807, 2.05) is 23.1 Å². The van der Waals surface area contributed by atoms with Crippen LogP contribution in [0.25, 0.3) is 0 Å². The zero-order chi connectivity index (χ0) is 19.0. The first-order valence-electron chi connectivity index (χ1n) is 9.29. The molecule has 2 aliphatic heterocycles. The van der Waals surface area contributed by atoms with Crippen LogP contribution in [0.2, 0.25) is 0 Å². The van der Waals surface area contributed by atoms with Gasteiger partial charge in [-0.3, -0.25) is 9.69 Å². The van der Waals surface area contributed by atoms with Crippen LogP contribution < -0.4 is 4.74 Å². The highest BCUT2D eigenvalue weighted by Gasteiger charge is 2.48. The number of likely N-dealkylation sites (tertiary alicyclic amines) is 2. The van der Waals surface area contributed by atoms with Crippen LogP contribution in [0.15, 0.2) is 42.6 Å². The number of carbonyl (C=O) groups is 1. The number of carbonyl (C=O) groups excluding carboxylic acids is 1. The van der Waals surface area contributed by atoms with Crippen LogP contribution in [-0.4, -0.2) is 47.4 Å². The maximum atomic E-state index is 13.8. The molecule has 2 saturated heterocycles. The second kappa shape index (κ2) is 7.27. The van der Waals surface area contributed by atoms with Crippen molar-refractivity contribution in [1.29, 1.82) is 0 Å². The lowest BCUT2D eigenvalue weighted by Gasteiger charge is -2.29. The van der Waals surface area contributed by atoms with Gasteiger partial charge in [0.05, 0.1) is 13.2 Å². The maximum absolute atomic E-state index is 13.8. The van der Waals surface area contributed by atoms with Gasteiger partial charge in [-0.25, -0.2) is 9.37 Å². The molecule has 0 N–H and O–H groups in total. The molecule has 6 heteroatoms. The largest absolute Gasteiger partial charge is 0.481 e. The van der Waals surface area contributed by atoms with Gasteiger partial charge in [0.25, 0.3) is 0 Å². The van der Waals surface area contributed by atoms with Gasteiger partial charge in [0.2, 0.25) is 11.8 Å². The summed E-state index contributed by atoms with van der Waals surface area (Å²) in [4.78, 5) is 20.8. The topological polar surface area (TPSA) is 45.7 Å². The van der Waals surface area contributed by atoms with Crippen molar-refractivity contribution in [2.45, 2.75) is 19.5 Å². The molecule has 0 spiro atoms. The maximum Gasteiger partial charge on any atom is 0.219 e.